The summed E-state index contributed by atoms with van der Waals surface area (Å²) in [4.78, 5) is 15.3. The maximum absolute atomic E-state index is 13.3. The maximum atomic E-state index is 13.3. The maximum Gasteiger partial charge on any atom is 0.228 e. The van der Waals surface area contributed by atoms with E-state index in [4.69, 9.17) is 0 Å². The molecule has 5 aliphatic carbocycles. The number of rotatable bonds is 2. The Kier molecular flexibility index (Phi) is 3.55. The first kappa shape index (κ1) is 17.2. The summed E-state index contributed by atoms with van der Waals surface area (Å²) < 4.78 is 0. The zero-order valence-electron chi connectivity index (χ0n) is 16.0. The van der Waals surface area contributed by atoms with Crippen LogP contribution < -0.4 is 0 Å². The number of β-amino-alcohol motifs (C(OH)–C–C–N with tert-alkyl or cyclic N) is 1. The average molecular weight is 360 g/mol. The van der Waals surface area contributed by atoms with Crippen molar-refractivity contribution in [1.29, 1.82) is 0 Å². The Hall–Kier alpha value is -0.870. The van der Waals surface area contributed by atoms with Gasteiger partial charge in [-0.05, 0) is 73.7 Å². The molecule has 0 aromatic carbocycles. The van der Waals surface area contributed by atoms with E-state index >= 15 is 0 Å². The van der Waals surface area contributed by atoms with Crippen LogP contribution in [0.3, 0.4) is 0 Å². The average Bonchev–Trinajstić information content (AvgIpc) is 2.63. The highest BCUT2D eigenvalue weighted by atomic mass is 16.3. The Labute approximate surface area is 156 Å². The van der Waals surface area contributed by atoms with E-state index in [2.05, 4.69) is 13.5 Å². The van der Waals surface area contributed by atoms with Gasteiger partial charge in [-0.25, -0.2) is 0 Å². The summed E-state index contributed by atoms with van der Waals surface area (Å²) in [6.45, 7) is 7.77. The number of piperidine rings is 1. The van der Waals surface area contributed by atoms with Gasteiger partial charge < -0.3 is 15.1 Å². The van der Waals surface area contributed by atoms with Crippen LogP contribution in [0.5, 0.6) is 0 Å². The molecule has 0 radical (unpaired) electrons. The number of fused-ring (bicyclic) bond motifs is 2. The van der Waals surface area contributed by atoms with E-state index in [1.807, 2.05) is 4.90 Å². The van der Waals surface area contributed by atoms with Gasteiger partial charge >= 0.3 is 0 Å². The third-order valence-electron chi connectivity index (χ3n) is 9.62. The third kappa shape index (κ3) is 1.81. The summed E-state index contributed by atoms with van der Waals surface area (Å²) in [6.07, 6.45) is 8.53. The first-order valence-electron chi connectivity index (χ1n) is 10.7. The minimum Gasteiger partial charge on any atom is -0.395 e. The van der Waals surface area contributed by atoms with Crippen molar-refractivity contribution in [2.75, 3.05) is 19.7 Å². The number of aliphatic hydroxyl groups is 2. The molecule has 6 rings (SSSR count). The fourth-order valence-electron chi connectivity index (χ4n) is 8.60. The van der Waals surface area contributed by atoms with Crippen LogP contribution in [0.2, 0.25) is 0 Å². The van der Waals surface area contributed by atoms with Gasteiger partial charge in [0.2, 0.25) is 5.91 Å². The van der Waals surface area contributed by atoms with E-state index < -0.39 is 0 Å². The molecule has 1 saturated heterocycles. The number of hydrogen-bond donors (Lipinski definition) is 2. The summed E-state index contributed by atoms with van der Waals surface area (Å²) in [6, 6.07) is 0. The first-order valence-corrected chi connectivity index (χ1v) is 10.7. The molecule has 6 fully saturated rings. The zero-order chi connectivity index (χ0) is 18.3. The zero-order valence-corrected chi connectivity index (χ0v) is 16.0. The minimum absolute atomic E-state index is 0.00808. The van der Waals surface area contributed by atoms with Gasteiger partial charge in [0.1, 0.15) is 0 Å². The van der Waals surface area contributed by atoms with Crippen molar-refractivity contribution >= 4 is 5.91 Å². The molecule has 2 N–H and O–H groups in total. The molecule has 4 nitrogen and oxygen atoms in total. The van der Waals surface area contributed by atoms with Gasteiger partial charge in [0.15, 0.2) is 0 Å². The van der Waals surface area contributed by atoms with Crippen LogP contribution >= 0.6 is 0 Å². The van der Waals surface area contributed by atoms with Crippen molar-refractivity contribution in [1.82, 2.24) is 4.90 Å². The monoisotopic (exact) mass is 359 g/mol. The second-order valence-electron chi connectivity index (χ2n) is 10.3. The smallest absolute Gasteiger partial charge is 0.228 e. The fourth-order valence-corrected chi connectivity index (χ4v) is 8.60. The first-order chi connectivity index (χ1) is 12.4. The quantitative estimate of drug-likeness (QED) is 0.745. The lowest BCUT2D eigenvalue weighted by Gasteiger charge is -2.72. The van der Waals surface area contributed by atoms with Gasteiger partial charge in [0.05, 0.1) is 12.7 Å². The molecular formula is C22H33NO3. The SMILES string of the molecule is C=C1C(O)[C@]23CC[C@H]1C[C@H]2[C@@]12CCC[C@@](C)(C(=O)N(CCO)C1)[C@H]2CC3. The second kappa shape index (κ2) is 5.35. The Balaban J connectivity index is 1.62. The summed E-state index contributed by atoms with van der Waals surface area (Å²) in [5.41, 5.74) is 0.937. The topological polar surface area (TPSA) is 60.8 Å². The molecule has 5 saturated carbocycles. The number of hydrogen-bond acceptors (Lipinski definition) is 3. The molecule has 6 aliphatic rings. The fraction of sp³-hybridized carbons (Fsp3) is 0.864. The van der Waals surface area contributed by atoms with Gasteiger partial charge in [0.25, 0.3) is 0 Å². The van der Waals surface area contributed by atoms with E-state index in [1.165, 1.54) is 12.8 Å². The molecule has 1 heterocycles. The van der Waals surface area contributed by atoms with Crippen molar-refractivity contribution < 1.29 is 15.0 Å². The van der Waals surface area contributed by atoms with Crippen LogP contribution in [0, 0.1) is 34.0 Å². The highest BCUT2D eigenvalue weighted by Crippen LogP contribution is 2.73. The predicted molar refractivity (Wildman–Crippen MR) is 99.2 cm³/mol. The highest BCUT2D eigenvalue weighted by molar-refractivity contribution is 5.84. The number of likely N-dealkylation sites (tertiary alicyclic amines) is 1. The van der Waals surface area contributed by atoms with Crippen LogP contribution in [0.15, 0.2) is 12.2 Å². The van der Waals surface area contributed by atoms with Crippen molar-refractivity contribution in [2.45, 2.75) is 64.4 Å². The van der Waals surface area contributed by atoms with Crippen LogP contribution in [0.4, 0.5) is 0 Å². The lowest BCUT2D eigenvalue weighted by molar-refractivity contribution is -0.237. The normalized spacial score (nSPS) is 52.7. The molecule has 1 aliphatic heterocycles. The Morgan fingerprint density at radius 3 is 2.69 bits per heavy atom. The molecular weight excluding hydrogens is 326 g/mol. The van der Waals surface area contributed by atoms with Crippen molar-refractivity contribution in [3.63, 3.8) is 0 Å². The van der Waals surface area contributed by atoms with E-state index in [-0.39, 0.29) is 34.9 Å². The minimum atomic E-state index is -0.354. The Bertz CT molecular complexity index is 662. The van der Waals surface area contributed by atoms with Gasteiger partial charge in [-0.15, -0.1) is 0 Å². The molecule has 1 unspecified atom stereocenters. The van der Waals surface area contributed by atoms with Gasteiger partial charge in [0, 0.05) is 23.9 Å². The molecule has 7 atom stereocenters. The van der Waals surface area contributed by atoms with Crippen LogP contribution in [-0.2, 0) is 4.79 Å². The molecule has 1 amide bonds. The lowest BCUT2D eigenvalue weighted by Crippen LogP contribution is -2.72. The van der Waals surface area contributed by atoms with Crippen LogP contribution in [0.1, 0.15) is 58.3 Å². The standard InChI is InChI=1S/C22H33NO3/c1-14-15-4-8-21(18(14)25)9-5-16-20(2)6-3-7-22(16,17(21)12-15)13-23(10-11-24)19(20)26/h15-18,24-25H,1,3-13H2,2H3/t15-,16+,17+,18?,20+,21-,22-/m0/s1. The Morgan fingerprint density at radius 1 is 1.15 bits per heavy atom. The van der Waals surface area contributed by atoms with Gasteiger partial charge in [-0.1, -0.05) is 19.9 Å². The summed E-state index contributed by atoms with van der Waals surface area (Å²) in [5.74, 6) is 1.68. The number of carbonyl (C=O) groups excluding carboxylic acids is 1. The largest absolute Gasteiger partial charge is 0.395 e. The van der Waals surface area contributed by atoms with E-state index in [1.54, 1.807) is 0 Å². The van der Waals surface area contributed by atoms with E-state index in [9.17, 15) is 15.0 Å². The lowest BCUT2D eigenvalue weighted by atomic mass is 9.35. The van der Waals surface area contributed by atoms with Crippen LogP contribution in [-0.4, -0.2) is 46.8 Å². The number of nitrogens with zero attached hydrogens (tertiary/aromatic N) is 1. The molecule has 0 aromatic heterocycles. The van der Waals surface area contributed by atoms with Crippen molar-refractivity contribution in [3.05, 3.63) is 12.2 Å². The Morgan fingerprint density at radius 2 is 1.92 bits per heavy atom. The van der Waals surface area contributed by atoms with Crippen molar-refractivity contribution in [3.8, 4) is 0 Å². The summed E-state index contributed by atoms with van der Waals surface area (Å²) in [7, 11) is 0. The van der Waals surface area contributed by atoms with Crippen LogP contribution in [0.25, 0.3) is 0 Å². The molecule has 1 spiro atoms. The molecule has 26 heavy (non-hydrogen) atoms. The van der Waals surface area contributed by atoms with Gasteiger partial charge in [-0.2, -0.15) is 0 Å². The van der Waals surface area contributed by atoms with E-state index in [0.717, 1.165) is 50.6 Å². The molecule has 0 aromatic rings. The summed E-state index contributed by atoms with van der Waals surface area (Å²) >= 11 is 0. The third-order valence-corrected chi connectivity index (χ3v) is 9.62. The van der Waals surface area contributed by atoms with Crippen molar-refractivity contribution in [2.24, 2.45) is 34.0 Å². The van der Waals surface area contributed by atoms with E-state index in [0.29, 0.717) is 24.3 Å². The summed E-state index contributed by atoms with van der Waals surface area (Å²) in [5, 5.41) is 20.7. The number of carbonyl (C=O) groups is 1. The second-order valence-corrected chi connectivity index (χ2v) is 10.3. The predicted octanol–water partition coefficient (Wildman–Crippen LogP) is 2.74. The highest BCUT2D eigenvalue weighted by Gasteiger charge is 2.71. The number of amides is 1. The molecule has 4 bridgehead atoms. The molecule has 144 valence electrons. The van der Waals surface area contributed by atoms with Gasteiger partial charge in [-0.3, -0.25) is 4.79 Å². The number of aliphatic hydroxyl groups excluding tert-OH is 2. The molecule has 4 heteroatoms.